The first-order chi connectivity index (χ1) is 9.49. The van der Waals surface area contributed by atoms with Crippen molar-refractivity contribution in [1.82, 2.24) is 9.47 Å². The lowest BCUT2D eigenvalue weighted by Crippen LogP contribution is -2.35. The summed E-state index contributed by atoms with van der Waals surface area (Å²) in [6.07, 6.45) is 0.747. The second kappa shape index (κ2) is 4.63. The van der Waals surface area contributed by atoms with Crippen LogP contribution in [0.3, 0.4) is 0 Å². The van der Waals surface area contributed by atoms with E-state index in [1.807, 2.05) is 18.2 Å². The number of rotatable bonds is 2. The van der Waals surface area contributed by atoms with Gasteiger partial charge < -0.3 is 14.6 Å². The van der Waals surface area contributed by atoms with Crippen LogP contribution in [0.15, 0.2) is 22.7 Å². The maximum atomic E-state index is 12.4. The molecule has 0 saturated heterocycles. The standard InChI is InChI=1S/C14H13BrN2O3/c1-16-5-4-9-10-6-8(15)2-3-11(10)17(7-12(18)19)13(9)14(16)20/h2-3,6H,4-5,7H2,1H3,(H,18,19). The lowest BCUT2D eigenvalue weighted by atomic mass is 10.0. The van der Waals surface area contributed by atoms with Crippen LogP contribution in [0.2, 0.25) is 0 Å². The number of carboxylic acids is 1. The molecule has 20 heavy (non-hydrogen) atoms. The number of likely N-dealkylation sites (N-methyl/N-ethyl adjacent to an activating group) is 1. The van der Waals surface area contributed by atoms with Crippen molar-refractivity contribution in [3.8, 4) is 0 Å². The third-order valence-corrected chi connectivity index (χ3v) is 4.16. The molecule has 2 aromatic rings. The lowest BCUT2D eigenvalue weighted by molar-refractivity contribution is -0.137. The van der Waals surface area contributed by atoms with Crippen molar-refractivity contribution >= 4 is 38.7 Å². The number of hydrogen-bond acceptors (Lipinski definition) is 2. The number of nitrogens with zero attached hydrogens (tertiary/aromatic N) is 2. The maximum absolute atomic E-state index is 12.4. The van der Waals surface area contributed by atoms with E-state index in [1.54, 1.807) is 16.5 Å². The fourth-order valence-corrected chi connectivity index (χ4v) is 3.12. The number of benzene rings is 1. The van der Waals surface area contributed by atoms with Crippen LogP contribution >= 0.6 is 15.9 Å². The first-order valence-electron chi connectivity index (χ1n) is 6.27. The van der Waals surface area contributed by atoms with Crippen LogP contribution in [0.25, 0.3) is 10.9 Å². The third kappa shape index (κ3) is 1.91. The van der Waals surface area contributed by atoms with E-state index in [0.29, 0.717) is 12.2 Å². The van der Waals surface area contributed by atoms with E-state index in [1.165, 1.54) is 0 Å². The molecule has 6 heteroatoms. The monoisotopic (exact) mass is 336 g/mol. The van der Waals surface area contributed by atoms with E-state index in [-0.39, 0.29) is 12.5 Å². The maximum Gasteiger partial charge on any atom is 0.323 e. The lowest BCUT2D eigenvalue weighted by Gasteiger charge is -2.24. The van der Waals surface area contributed by atoms with Gasteiger partial charge in [-0.15, -0.1) is 0 Å². The summed E-state index contributed by atoms with van der Waals surface area (Å²) in [5, 5.41) is 10.1. The van der Waals surface area contributed by atoms with Crippen LogP contribution in [0, 0.1) is 0 Å². The molecule has 1 N–H and O–H groups in total. The van der Waals surface area contributed by atoms with Gasteiger partial charge in [-0.1, -0.05) is 15.9 Å². The summed E-state index contributed by atoms with van der Waals surface area (Å²) in [5.41, 5.74) is 2.25. The first kappa shape index (κ1) is 13.2. The van der Waals surface area contributed by atoms with E-state index >= 15 is 0 Å². The van der Waals surface area contributed by atoms with Gasteiger partial charge in [0.2, 0.25) is 0 Å². The topological polar surface area (TPSA) is 62.5 Å². The van der Waals surface area contributed by atoms with Gasteiger partial charge in [0, 0.05) is 29.0 Å². The average molecular weight is 337 g/mol. The molecular weight excluding hydrogens is 324 g/mol. The third-order valence-electron chi connectivity index (χ3n) is 3.67. The minimum atomic E-state index is -0.950. The molecule has 0 radical (unpaired) electrons. The van der Waals surface area contributed by atoms with Crippen LogP contribution in [0.1, 0.15) is 16.1 Å². The zero-order valence-corrected chi connectivity index (χ0v) is 12.5. The number of halogens is 1. The number of fused-ring (bicyclic) bond motifs is 3. The van der Waals surface area contributed by atoms with Crippen LogP contribution in [0.4, 0.5) is 0 Å². The Labute approximate surface area is 123 Å². The highest BCUT2D eigenvalue weighted by molar-refractivity contribution is 9.10. The van der Waals surface area contributed by atoms with Crippen LogP contribution in [-0.2, 0) is 17.8 Å². The van der Waals surface area contributed by atoms with Crippen molar-refractivity contribution in [1.29, 1.82) is 0 Å². The van der Waals surface area contributed by atoms with Crippen molar-refractivity contribution < 1.29 is 14.7 Å². The van der Waals surface area contributed by atoms with Crippen LogP contribution < -0.4 is 0 Å². The van der Waals surface area contributed by atoms with E-state index in [9.17, 15) is 9.59 Å². The van der Waals surface area contributed by atoms with Crippen molar-refractivity contribution in [2.45, 2.75) is 13.0 Å². The fraction of sp³-hybridized carbons (Fsp3) is 0.286. The van der Waals surface area contributed by atoms with E-state index < -0.39 is 5.97 Å². The predicted octanol–water partition coefficient (Wildman–Crippen LogP) is 2.12. The van der Waals surface area contributed by atoms with Gasteiger partial charge in [0.15, 0.2) is 0 Å². The molecule has 104 valence electrons. The van der Waals surface area contributed by atoms with Crippen molar-refractivity contribution in [2.24, 2.45) is 0 Å². The Hall–Kier alpha value is -1.82. The van der Waals surface area contributed by atoms with Crippen LogP contribution in [-0.4, -0.2) is 40.0 Å². The number of carboxylic acid groups (broad SMARTS) is 1. The molecule has 1 aliphatic heterocycles. The molecule has 1 amide bonds. The highest BCUT2D eigenvalue weighted by atomic mass is 79.9. The Balaban J connectivity index is 2.34. The van der Waals surface area contributed by atoms with Gasteiger partial charge in [-0.2, -0.15) is 0 Å². The van der Waals surface area contributed by atoms with Gasteiger partial charge in [0.25, 0.3) is 5.91 Å². The summed E-state index contributed by atoms with van der Waals surface area (Å²) in [6.45, 7) is 0.456. The van der Waals surface area contributed by atoms with E-state index in [0.717, 1.165) is 27.4 Å². The van der Waals surface area contributed by atoms with Gasteiger partial charge in [-0.3, -0.25) is 9.59 Å². The van der Waals surface area contributed by atoms with Gasteiger partial charge in [0.05, 0.1) is 0 Å². The molecule has 0 aliphatic carbocycles. The number of carbonyl (C=O) groups is 2. The largest absolute Gasteiger partial charge is 0.480 e. The molecule has 3 rings (SSSR count). The SMILES string of the molecule is CN1CCc2c(n(CC(=O)O)c3ccc(Br)cc23)C1=O. The molecular formula is C14H13BrN2O3. The summed E-state index contributed by atoms with van der Waals surface area (Å²) in [7, 11) is 1.74. The Bertz CT molecular complexity index is 736. The quantitative estimate of drug-likeness (QED) is 0.913. The van der Waals surface area contributed by atoms with Gasteiger partial charge >= 0.3 is 5.97 Å². The average Bonchev–Trinajstić information content (AvgIpc) is 2.68. The normalized spacial score (nSPS) is 14.7. The molecule has 1 aliphatic rings. The molecule has 2 heterocycles. The van der Waals surface area contributed by atoms with Gasteiger partial charge in [-0.05, 0) is 30.2 Å². The highest BCUT2D eigenvalue weighted by Crippen LogP contribution is 2.32. The molecule has 5 nitrogen and oxygen atoms in total. The van der Waals surface area contributed by atoms with Gasteiger partial charge in [-0.25, -0.2) is 0 Å². The van der Waals surface area contributed by atoms with E-state index in [2.05, 4.69) is 15.9 Å². The Kier molecular flexibility index (Phi) is 3.05. The van der Waals surface area contributed by atoms with Crippen molar-refractivity contribution in [3.63, 3.8) is 0 Å². The summed E-state index contributed by atoms with van der Waals surface area (Å²) in [6, 6.07) is 5.67. The number of amides is 1. The fourth-order valence-electron chi connectivity index (χ4n) is 2.76. The minimum absolute atomic E-state index is 0.111. The molecule has 1 aromatic heterocycles. The summed E-state index contributed by atoms with van der Waals surface area (Å²) in [5.74, 6) is -1.06. The molecule has 0 atom stereocenters. The first-order valence-corrected chi connectivity index (χ1v) is 7.06. The van der Waals surface area contributed by atoms with Crippen molar-refractivity contribution in [2.75, 3.05) is 13.6 Å². The molecule has 1 aromatic carbocycles. The molecule has 0 spiro atoms. The van der Waals surface area contributed by atoms with Crippen molar-refractivity contribution in [3.05, 3.63) is 33.9 Å². The summed E-state index contributed by atoms with van der Waals surface area (Å²) < 4.78 is 2.53. The Morgan fingerprint density at radius 1 is 1.45 bits per heavy atom. The Morgan fingerprint density at radius 3 is 2.90 bits per heavy atom. The summed E-state index contributed by atoms with van der Waals surface area (Å²) >= 11 is 3.43. The summed E-state index contributed by atoms with van der Waals surface area (Å²) in [4.78, 5) is 25.1. The zero-order chi connectivity index (χ0) is 14.4. The molecule has 0 bridgehead atoms. The zero-order valence-electron chi connectivity index (χ0n) is 10.9. The molecule has 0 fully saturated rings. The number of aromatic nitrogens is 1. The smallest absolute Gasteiger partial charge is 0.323 e. The molecule has 0 unspecified atom stereocenters. The second-order valence-corrected chi connectivity index (χ2v) is 5.86. The Morgan fingerprint density at radius 2 is 2.20 bits per heavy atom. The number of aliphatic carboxylic acids is 1. The number of carbonyl (C=O) groups excluding carboxylic acids is 1. The highest BCUT2D eigenvalue weighted by Gasteiger charge is 2.29. The predicted molar refractivity (Wildman–Crippen MR) is 77.9 cm³/mol. The van der Waals surface area contributed by atoms with Crippen LogP contribution in [0.5, 0.6) is 0 Å². The van der Waals surface area contributed by atoms with E-state index in [4.69, 9.17) is 5.11 Å². The second-order valence-electron chi connectivity index (χ2n) is 4.95. The molecule has 0 saturated carbocycles. The van der Waals surface area contributed by atoms with Gasteiger partial charge in [0.1, 0.15) is 12.2 Å². The minimum Gasteiger partial charge on any atom is -0.480 e. The number of hydrogen-bond donors (Lipinski definition) is 1.